The molecule has 0 saturated carbocycles. The van der Waals surface area contributed by atoms with Crippen LogP contribution in [0.5, 0.6) is 0 Å². The highest BCUT2D eigenvalue weighted by Crippen LogP contribution is 2.11. The maximum absolute atomic E-state index is 11.3. The molecule has 1 aliphatic heterocycles. The van der Waals surface area contributed by atoms with Gasteiger partial charge in [0.15, 0.2) is 0 Å². The third kappa shape index (κ3) is 5.88. The van der Waals surface area contributed by atoms with Crippen molar-refractivity contribution in [2.45, 2.75) is 45.3 Å². The van der Waals surface area contributed by atoms with E-state index in [1.54, 1.807) is 20.8 Å². The fourth-order valence-electron chi connectivity index (χ4n) is 1.50. The summed E-state index contributed by atoms with van der Waals surface area (Å²) in [6, 6.07) is -0.00829. The van der Waals surface area contributed by atoms with Gasteiger partial charge in [-0.2, -0.15) is 0 Å². The van der Waals surface area contributed by atoms with Crippen LogP contribution in [-0.2, 0) is 14.6 Å². The number of carbonyl (C=O) groups excluding carboxylic acids is 1. The molecule has 0 aromatic heterocycles. The second kappa shape index (κ2) is 5.22. The quantitative estimate of drug-likeness (QED) is 0.713. The van der Waals surface area contributed by atoms with E-state index in [4.69, 9.17) is 4.74 Å². The molecule has 17 heavy (non-hydrogen) atoms. The second-order valence-corrected chi connectivity index (χ2v) is 7.50. The van der Waals surface area contributed by atoms with Crippen molar-refractivity contribution in [2.75, 3.05) is 11.5 Å². The van der Waals surface area contributed by atoms with Crippen LogP contribution in [0.3, 0.4) is 0 Å². The van der Waals surface area contributed by atoms with Gasteiger partial charge in [-0.25, -0.2) is 18.6 Å². The lowest BCUT2D eigenvalue weighted by Crippen LogP contribution is -2.48. The Balaban J connectivity index is 2.26. The third-order valence-corrected chi connectivity index (χ3v) is 4.05. The zero-order valence-electron chi connectivity index (χ0n) is 10.4. The number of amides is 1. The SMILES string of the molecule is CC(C)(C)OC(=O)NNC1CCS(=O)(=O)CC1. The molecule has 0 aromatic rings. The number of nitrogens with one attached hydrogen (secondary N) is 2. The monoisotopic (exact) mass is 264 g/mol. The largest absolute Gasteiger partial charge is 0.443 e. The fraction of sp³-hybridized carbons (Fsp3) is 0.900. The van der Waals surface area contributed by atoms with Gasteiger partial charge in [-0.1, -0.05) is 0 Å². The number of hydrogen-bond acceptors (Lipinski definition) is 5. The Labute approximate surface area is 102 Å². The number of hydrogen-bond donors (Lipinski definition) is 2. The zero-order chi connectivity index (χ0) is 13.1. The highest BCUT2D eigenvalue weighted by molar-refractivity contribution is 7.91. The minimum Gasteiger partial charge on any atom is -0.443 e. The van der Waals surface area contributed by atoms with Crippen LogP contribution in [0.4, 0.5) is 4.79 Å². The fourth-order valence-corrected chi connectivity index (χ4v) is 2.99. The van der Waals surface area contributed by atoms with Crippen LogP contribution in [0.15, 0.2) is 0 Å². The number of carbonyl (C=O) groups is 1. The molecule has 0 radical (unpaired) electrons. The van der Waals surface area contributed by atoms with Crippen molar-refractivity contribution < 1.29 is 17.9 Å². The Kier molecular flexibility index (Phi) is 4.37. The predicted molar refractivity (Wildman–Crippen MR) is 64.2 cm³/mol. The Morgan fingerprint density at radius 3 is 2.24 bits per heavy atom. The van der Waals surface area contributed by atoms with Gasteiger partial charge in [0.2, 0.25) is 0 Å². The van der Waals surface area contributed by atoms with Crippen molar-refractivity contribution in [3.8, 4) is 0 Å². The molecular weight excluding hydrogens is 244 g/mol. The topological polar surface area (TPSA) is 84.5 Å². The van der Waals surface area contributed by atoms with Crippen molar-refractivity contribution in [1.29, 1.82) is 0 Å². The summed E-state index contributed by atoms with van der Waals surface area (Å²) >= 11 is 0. The van der Waals surface area contributed by atoms with Crippen LogP contribution in [-0.4, -0.2) is 37.7 Å². The molecule has 0 aliphatic carbocycles. The molecule has 0 spiro atoms. The number of ether oxygens (including phenoxy) is 1. The minimum atomic E-state index is -2.87. The Morgan fingerprint density at radius 1 is 1.24 bits per heavy atom. The molecule has 1 aliphatic rings. The normalized spacial score (nSPS) is 20.9. The zero-order valence-corrected chi connectivity index (χ0v) is 11.3. The Morgan fingerprint density at radius 2 is 1.76 bits per heavy atom. The Bertz CT molecular complexity index is 358. The summed E-state index contributed by atoms with van der Waals surface area (Å²) in [4.78, 5) is 11.3. The van der Waals surface area contributed by atoms with E-state index < -0.39 is 21.5 Å². The van der Waals surface area contributed by atoms with Crippen molar-refractivity contribution in [3.05, 3.63) is 0 Å². The molecular formula is C10H20N2O4S. The van der Waals surface area contributed by atoms with Gasteiger partial charge in [-0.3, -0.25) is 5.43 Å². The van der Waals surface area contributed by atoms with Gasteiger partial charge in [0.25, 0.3) is 0 Å². The van der Waals surface area contributed by atoms with Crippen molar-refractivity contribution >= 4 is 15.9 Å². The maximum Gasteiger partial charge on any atom is 0.422 e. The first-order chi connectivity index (χ1) is 7.68. The highest BCUT2D eigenvalue weighted by atomic mass is 32.2. The standard InChI is InChI=1S/C10H20N2O4S/c1-10(2,3)16-9(13)12-11-8-4-6-17(14,15)7-5-8/h8,11H,4-7H2,1-3H3,(H,12,13). The summed E-state index contributed by atoms with van der Waals surface area (Å²) in [5.41, 5.74) is 4.68. The first-order valence-electron chi connectivity index (χ1n) is 5.63. The lowest BCUT2D eigenvalue weighted by molar-refractivity contribution is 0.0486. The van der Waals surface area contributed by atoms with Gasteiger partial charge in [0, 0.05) is 6.04 Å². The van der Waals surface area contributed by atoms with Crippen molar-refractivity contribution in [3.63, 3.8) is 0 Å². The minimum absolute atomic E-state index is 0.00829. The molecule has 0 unspecified atom stereocenters. The molecule has 7 heteroatoms. The summed E-state index contributed by atoms with van der Waals surface area (Å²) in [5, 5.41) is 0. The number of sulfone groups is 1. The molecule has 6 nitrogen and oxygen atoms in total. The lowest BCUT2D eigenvalue weighted by atomic mass is 10.2. The van der Waals surface area contributed by atoms with Gasteiger partial charge >= 0.3 is 6.09 Å². The smallest absolute Gasteiger partial charge is 0.422 e. The summed E-state index contributed by atoms with van der Waals surface area (Å²) < 4.78 is 27.4. The van der Waals surface area contributed by atoms with Crippen LogP contribution in [0.1, 0.15) is 33.6 Å². The molecule has 2 N–H and O–H groups in total. The summed E-state index contributed by atoms with van der Waals surface area (Å²) in [7, 11) is -2.87. The third-order valence-electron chi connectivity index (χ3n) is 2.33. The van der Waals surface area contributed by atoms with E-state index in [0.717, 1.165) is 0 Å². The molecule has 0 aromatic carbocycles. The van der Waals surface area contributed by atoms with Crippen LogP contribution in [0.2, 0.25) is 0 Å². The maximum atomic E-state index is 11.3. The predicted octanol–water partition coefficient (Wildman–Crippen LogP) is 0.593. The molecule has 0 bridgehead atoms. The van der Waals surface area contributed by atoms with Crippen molar-refractivity contribution in [2.24, 2.45) is 0 Å². The molecule has 1 fully saturated rings. The number of rotatable bonds is 2. The van der Waals surface area contributed by atoms with Crippen LogP contribution in [0.25, 0.3) is 0 Å². The van der Waals surface area contributed by atoms with E-state index in [1.165, 1.54) is 0 Å². The summed E-state index contributed by atoms with van der Waals surface area (Å²) in [6.07, 6.45) is 0.474. The van der Waals surface area contributed by atoms with E-state index in [2.05, 4.69) is 10.9 Å². The molecule has 1 heterocycles. The molecule has 1 amide bonds. The van der Waals surface area contributed by atoms with Gasteiger partial charge in [-0.05, 0) is 33.6 Å². The van der Waals surface area contributed by atoms with E-state index in [1.807, 2.05) is 0 Å². The van der Waals surface area contributed by atoms with Gasteiger partial charge in [0.05, 0.1) is 11.5 Å². The Hall–Kier alpha value is -0.820. The number of hydrazine groups is 1. The molecule has 1 saturated heterocycles. The van der Waals surface area contributed by atoms with E-state index >= 15 is 0 Å². The van der Waals surface area contributed by atoms with Gasteiger partial charge in [0.1, 0.15) is 15.4 Å². The van der Waals surface area contributed by atoms with E-state index in [-0.39, 0.29) is 17.5 Å². The molecule has 100 valence electrons. The van der Waals surface area contributed by atoms with E-state index in [9.17, 15) is 13.2 Å². The lowest BCUT2D eigenvalue weighted by Gasteiger charge is -2.25. The van der Waals surface area contributed by atoms with Crippen LogP contribution >= 0.6 is 0 Å². The first-order valence-corrected chi connectivity index (χ1v) is 7.45. The molecule has 1 rings (SSSR count). The van der Waals surface area contributed by atoms with Gasteiger partial charge < -0.3 is 4.74 Å². The van der Waals surface area contributed by atoms with Crippen LogP contribution < -0.4 is 10.9 Å². The average Bonchev–Trinajstić information content (AvgIpc) is 2.13. The first kappa shape index (κ1) is 14.2. The second-order valence-electron chi connectivity index (χ2n) is 5.20. The van der Waals surface area contributed by atoms with Crippen LogP contribution in [0, 0.1) is 0 Å². The highest BCUT2D eigenvalue weighted by Gasteiger charge is 2.24. The average molecular weight is 264 g/mol. The van der Waals surface area contributed by atoms with E-state index in [0.29, 0.717) is 12.8 Å². The summed E-state index contributed by atoms with van der Waals surface area (Å²) in [5.74, 6) is 0.335. The van der Waals surface area contributed by atoms with Gasteiger partial charge in [-0.15, -0.1) is 0 Å². The van der Waals surface area contributed by atoms with Crippen molar-refractivity contribution in [1.82, 2.24) is 10.9 Å². The summed E-state index contributed by atoms with van der Waals surface area (Å²) in [6.45, 7) is 5.33. The molecule has 0 atom stereocenters.